The van der Waals surface area contributed by atoms with E-state index in [-0.39, 0.29) is 36.6 Å². The van der Waals surface area contributed by atoms with Crippen LogP contribution in [0.3, 0.4) is 0 Å². The highest BCUT2D eigenvalue weighted by Crippen LogP contribution is 2.28. The van der Waals surface area contributed by atoms with Crippen LogP contribution in [0, 0.1) is 13.8 Å². The predicted molar refractivity (Wildman–Crippen MR) is 150 cm³/mol. The van der Waals surface area contributed by atoms with Crippen molar-refractivity contribution in [3.63, 3.8) is 0 Å². The van der Waals surface area contributed by atoms with Gasteiger partial charge in [-0.25, -0.2) is 8.42 Å². The van der Waals surface area contributed by atoms with Gasteiger partial charge in [0.2, 0.25) is 15.9 Å². The summed E-state index contributed by atoms with van der Waals surface area (Å²) >= 11 is 0. The molecule has 216 valence electrons. The zero-order chi connectivity index (χ0) is 28.0. The van der Waals surface area contributed by atoms with Crippen molar-refractivity contribution in [3.8, 4) is 5.75 Å². The van der Waals surface area contributed by atoms with Gasteiger partial charge in [-0.3, -0.25) is 14.6 Å². The van der Waals surface area contributed by atoms with E-state index in [0.717, 1.165) is 51.9 Å². The third-order valence-corrected chi connectivity index (χ3v) is 10.5. The Labute approximate surface area is 230 Å². The SMILES string of the molecule is COc1cc(C)c(S(=O)(=O)N(C)CCOCC(=O)N(C)[C@H]2CC[C@H](N3CCN(C(C)C)CC3)CC2)c(C)c1. The Morgan fingerprint density at radius 3 is 2.13 bits per heavy atom. The molecule has 1 heterocycles. The number of aryl methyl sites for hydroxylation is 2. The molecule has 38 heavy (non-hydrogen) atoms. The fourth-order valence-corrected chi connectivity index (χ4v) is 7.36. The van der Waals surface area contributed by atoms with Crippen molar-refractivity contribution < 1.29 is 22.7 Å². The molecular formula is C28H48N4O5S. The fraction of sp³-hybridized carbons (Fsp3) is 0.750. The number of nitrogens with zero attached hydrogens (tertiary/aromatic N) is 4. The van der Waals surface area contributed by atoms with Crippen LogP contribution in [0.4, 0.5) is 0 Å². The van der Waals surface area contributed by atoms with E-state index in [1.807, 2.05) is 11.9 Å². The topological polar surface area (TPSA) is 82.6 Å². The van der Waals surface area contributed by atoms with Crippen molar-refractivity contribution >= 4 is 15.9 Å². The summed E-state index contributed by atoms with van der Waals surface area (Å²) in [6.07, 6.45) is 4.27. The lowest BCUT2D eigenvalue weighted by Crippen LogP contribution is -2.53. The highest BCUT2D eigenvalue weighted by molar-refractivity contribution is 7.89. The Hall–Kier alpha value is -1.72. The number of ether oxygens (including phenoxy) is 2. The maximum atomic E-state index is 13.2. The second-order valence-electron chi connectivity index (χ2n) is 11.1. The first-order chi connectivity index (χ1) is 17.9. The summed E-state index contributed by atoms with van der Waals surface area (Å²) in [7, 11) is 1.28. The van der Waals surface area contributed by atoms with Gasteiger partial charge in [0.15, 0.2) is 0 Å². The molecule has 0 N–H and O–H groups in total. The van der Waals surface area contributed by atoms with Crippen LogP contribution in [-0.2, 0) is 19.6 Å². The number of hydrogen-bond acceptors (Lipinski definition) is 7. The number of carbonyl (C=O) groups is 1. The lowest BCUT2D eigenvalue weighted by Gasteiger charge is -2.44. The van der Waals surface area contributed by atoms with Crippen LogP contribution >= 0.6 is 0 Å². The zero-order valence-corrected chi connectivity index (χ0v) is 25.2. The first-order valence-electron chi connectivity index (χ1n) is 13.9. The molecule has 0 atom stereocenters. The summed E-state index contributed by atoms with van der Waals surface area (Å²) in [6, 6.07) is 4.92. The van der Waals surface area contributed by atoms with Crippen LogP contribution in [-0.4, -0.2) is 119 Å². The molecule has 1 aliphatic heterocycles. The van der Waals surface area contributed by atoms with Gasteiger partial charge in [-0.05, 0) is 76.6 Å². The lowest BCUT2D eigenvalue weighted by atomic mass is 9.89. The number of sulfonamides is 1. The highest BCUT2D eigenvalue weighted by atomic mass is 32.2. The van der Waals surface area contributed by atoms with Gasteiger partial charge >= 0.3 is 0 Å². The van der Waals surface area contributed by atoms with Gasteiger partial charge in [0.05, 0.1) is 18.6 Å². The normalized spacial score (nSPS) is 21.7. The van der Waals surface area contributed by atoms with E-state index in [4.69, 9.17) is 9.47 Å². The van der Waals surface area contributed by atoms with Gasteiger partial charge in [0, 0.05) is 64.9 Å². The smallest absolute Gasteiger partial charge is 0.248 e. The number of carbonyl (C=O) groups excluding carboxylic acids is 1. The number of rotatable bonds is 11. The Morgan fingerprint density at radius 1 is 1.03 bits per heavy atom. The number of benzene rings is 1. The molecule has 2 aliphatic rings. The first-order valence-corrected chi connectivity index (χ1v) is 15.3. The molecule has 1 saturated carbocycles. The molecule has 0 bridgehead atoms. The second kappa shape index (κ2) is 13.6. The maximum Gasteiger partial charge on any atom is 0.248 e. The third-order valence-electron chi connectivity index (χ3n) is 8.32. The van der Waals surface area contributed by atoms with Crippen LogP contribution in [0.15, 0.2) is 17.0 Å². The average Bonchev–Trinajstić information content (AvgIpc) is 2.89. The molecule has 0 unspecified atom stereocenters. The molecule has 1 amide bonds. The molecule has 9 nitrogen and oxygen atoms in total. The van der Waals surface area contributed by atoms with Gasteiger partial charge in [0.1, 0.15) is 12.4 Å². The lowest BCUT2D eigenvalue weighted by molar-refractivity contribution is -0.137. The van der Waals surface area contributed by atoms with E-state index >= 15 is 0 Å². The van der Waals surface area contributed by atoms with Crippen molar-refractivity contribution in [1.82, 2.24) is 19.0 Å². The zero-order valence-electron chi connectivity index (χ0n) is 24.4. The average molecular weight is 553 g/mol. The number of amides is 1. The molecular weight excluding hydrogens is 504 g/mol. The minimum Gasteiger partial charge on any atom is -0.497 e. The molecule has 1 aromatic carbocycles. The number of methoxy groups -OCH3 is 1. The first kappa shape index (κ1) is 30.8. The summed E-state index contributed by atoms with van der Waals surface area (Å²) in [5.74, 6) is 0.580. The monoisotopic (exact) mass is 552 g/mol. The van der Waals surface area contributed by atoms with Crippen molar-refractivity contribution in [1.29, 1.82) is 0 Å². The van der Waals surface area contributed by atoms with E-state index < -0.39 is 10.0 Å². The van der Waals surface area contributed by atoms with Crippen molar-refractivity contribution in [2.75, 3.05) is 67.1 Å². The van der Waals surface area contributed by atoms with Crippen molar-refractivity contribution in [3.05, 3.63) is 23.3 Å². The molecule has 0 spiro atoms. The Kier molecular flexibility index (Phi) is 11.0. The minimum absolute atomic E-state index is 0.0396. The van der Waals surface area contributed by atoms with Gasteiger partial charge in [0.25, 0.3) is 0 Å². The Morgan fingerprint density at radius 2 is 1.61 bits per heavy atom. The minimum atomic E-state index is -3.69. The summed E-state index contributed by atoms with van der Waals surface area (Å²) in [6.45, 7) is 12.9. The van der Waals surface area contributed by atoms with Crippen molar-refractivity contribution in [2.24, 2.45) is 0 Å². The molecule has 0 radical (unpaired) electrons. The van der Waals surface area contributed by atoms with Gasteiger partial charge in [-0.15, -0.1) is 0 Å². The van der Waals surface area contributed by atoms with Gasteiger partial charge in [-0.1, -0.05) is 0 Å². The highest BCUT2D eigenvalue weighted by Gasteiger charge is 2.31. The summed E-state index contributed by atoms with van der Waals surface area (Å²) < 4.78 is 38.5. The van der Waals surface area contributed by atoms with Crippen LogP contribution < -0.4 is 4.74 Å². The molecule has 1 aliphatic carbocycles. The summed E-state index contributed by atoms with van der Waals surface area (Å²) in [5.41, 5.74) is 1.28. The number of likely N-dealkylation sites (N-methyl/N-ethyl adjacent to an activating group) is 2. The van der Waals surface area contributed by atoms with Crippen LogP contribution in [0.2, 0.25) is 0 Å². The van der Waals surface area contributed by atoms with Crippen LogP contribution in [0.25, 0.3) is 0 Å². The predicted octanol–water partition coefficient (Wildman–Crippen LogP) is 2.74. The van der Waals surface area contributed by atoms with Gasteiger partial charge in [-0.2, -0.15) is 4.31 Å². The molecule has 2 fully saturated rings. The molecule has 3 rings (SSSR count). The fourth-order valence-electron chi connectivity index (χ4n) is 5.80. The standard InChI is InChI=1S/C28H48N4O5S/c1-21(2)31-12-14-32(15-13-31)25-10-8-24(9-11-25)30(6)27(33)20-37-17-16-29(5)38(34,35)28-22(3)18-26(36-7)19-23(28)4/h18-19,21,24-25H,8-17,20H2,1-7H3/t24-,25-. The molecule has 10 heteroatoms. The largest absolute Gasteiger partial charge is 0.497 e. The van der Waals surface area contributed by atoms with Crippen molar-refractivity contribution in [2.45, 2.75) is 76.4 Å². The molecule has 1 saturated heterocycles. The van der Waals surface area contributed by atoms with E-state index in [1.165, 1.54) is 11.4 Å². The number of hydrogen-bond donors (Lipinski definition) is 0. The van der Waals surface area contributed by atoms with E-state index in [1.54, 1.807) is 33.1 Å². The third kappa shape index (κ3) is 7.47. The Bertz CT molecular complexity index is 1010. The quantitative estimate of drug-likeness (QED) is 0.391. The summed E-state index contributed by atoms with van der Waals surface area (Å²) in [5, 5.41) is 0. The molecule has 1 aromatic rings. The molecule has 0 aromatic heterocycles. The van der Waals surface area contributed by atoms with Crippen LogP contribution in [0.5, 0.6) is 5.75 Å². The number of piperazine rings is 1. The van der Waals surface area contributed by atoms with E-state index in [9.17, 15) is 13.2 Å². The maximum absolute atomic E-state index is 13.2. The second-order valence-corrected chi connectivity index (χ2v) is 13.1. The van der Waals surface area contributed by atoms with Gasteiger partial charge < -0.3 is 14.4 Å². The summed E-state index contributed by atoms with van der Waals surface area (Å²) in [4.78, 5) is 20.1. The van der Waals surface area contributed by atoms with Crippen LogP contribution in [0.1, 0.15) is 50.7 Å². The van der Waals surface area contributed by atoms with E-state index in [2.05, 4.69) is 23.6 Å². The Balaban J connectivity index is 1.40. The van der Waals surface area contributed by atoms with E-state index in [0.29, 0.717) is 29.0 Å².